The van der Waals surface area contributed by atoms with Crippen molar-refractivity contribution < 1.29 is 0 Å². The topological polar surface area (TPSA) is 26.0 Å². The van der Waals surface area contributed by atoms with Gasteiger partial charge in [0.05, 0.1) is 0 Å². The monoisotopic (exact) mass is 245 g/mol. The molecule has 2 rings (SSSR count). The molecule has 2 unspecified atom stereocenters. The molecule has 1 aromatic carbocycles. The summed E-state index contributed by atoms with van der Waals surface area (Å²) in [7, 11) is 0. The molecule has 0 heterocycles. The molecule has 0 aliphatic heterocycles. The average molecular weight is 245 g/mol. The second-order valence-corrected chi connectivity index (χ2v) is 6.26. The standard InChI is InChI=1S/C17H27N/c1-13(2)6-5-9-17(18)16-11-10-14-7-3-4-8-15(14)12-16/h3-4,7-8,13,16-17H,5-6,9-12,18H2,1-2H3. The summed E-state index contributed by atoms with van der Waals surface area (Å²) < 4.78 is 0. The Labute approximate surface area is 112 Å². The smallest absolute Gasteiger partial charge is 0.00704 e. The minimum absolute atomic E-state index is 0.400. The molecule has 0 spiro atoms. The number of rotatable bonds is 5. The van der Waals surface area contributed by atoms with Crippen molar-refractivity contribution >= 4 is 0 Å². The number of fused-ring (bicyclic) bond motifs is 1. The van der Waals surface area contributed by atoms with Gasteiger partial charge in [-0.3, -0.25) is 0 Å². The lowest BCUT2D eigenvalue weighted by Crippen LogP contribution is -2.34. The van der Waals surface area contributed by atoms with Gasteiger partial charge in [0, 0.05) is 6.04 Å². The summed E-state index contributed by atoms with van der Waals surface area (Å²) in [5.74, 6) is 1.51. The molecule has 0 fully saturated rings. The van der Waals surface area contributed by atoms with Gasteiger partial charge in [0.25, 0.3) is 0 Å². The Morgan fingerprint density at radius 3 is 2.61 bits per heavy atom. The van der Waals surface area contributed by atoms with Crippen molar-refractivity contribution in [1.29, 1.82) is 0 Å². The lowest BCUT2D eigenvalue weighted by Gasteiger charge is -2.29. The van der Waals surface area contributed by atoms with Crippen LogP contribution in [0.2, 0.25) is 0 Å². The van der Waals surface area contributed by atoms with Crippen LogP contribution in [0.3, 0.4) is 0 Å². The molecule has 0 saturated heterocycles. The second-order valence-electron chi connectivity index (χ2n) is 6.26. The van der Waals surface area contributed by atoms with Crippen LogP contribution >= 0.6 is 0 Å². The molecule has 2 atom stereocenters. The SMILES string of the molecule is CC(C)CCCC(N)C1CCc2ccccc2C1. The third-order valence-electron chi connectivity index (χ3n) is 4.31. The van der Waals surface area contributed by atoms with Gasteiger partial charge in [-0.05, 0) is 48.6 Å². The van der Waals surface area contributed by atoms with Gasteiger partial charge in [0.2, 0.25) is 0 Å². The summed E-state index contributed by atoms with van der Waals surface area (Å²) in [4.78, 5) is 0. The molecule has 18 heavy (non-hydrogen) atoms. The third-order valence-corrected chi connectivity index (χ3v) is 4.31. The summed E-state index contributed by atoms with van der Waals surface area (Å²) in [6, 6.07) is 9.27. The maximum absolute atomic E-state index is 6.39. The van der Waals surface area contributed by atoms with Crippen molar-refractivity contribution in [3.05, 3.63) is 35.4 Å². The number of nitrogens with two attached hydrogens (primary N) is 1. The lowest BCUT2D eigenvalue weighted by atomic mass is 9.79. The van der Waals surface area contributed by atoms with Crippen LogP contribution in [0.1, 0.15) is 50.7 Å². The van der Waals surface area contributed by atoms with Gasteiger partial charge in [0.15, 0.2) is 0 Å². The Hall–Kier alpha value is -0.820. The molecule has 100 valence electrons. The first-order chi connectivity index (χ1) is 8.66. The number of aryl methyl sites for hydroxylation is 1. The van der Waals surface area contributed by atoms with Crippen LogP contribution in [0.5, 0.6) is 0 Å². The quantitative estimate of drug-likeness (QED) is 0.835. The molecular weight excluding hydrogens is 218 g/mol. The molecule has 1 nitrogen and oxygen atoms in total. The van der Waals surface area contributed by atoms with E-state index in [1.807, 2.05) is 0 Å². The number of benzene rings is 1. The van der Waals surface area contributed by atoms with Crippen molar-refractivity contribution in [3.63, 3.8) is 0 Å². The van der Waals surface area contributed by atoms with Gasteiger partial charge >= 0.3 is 0 Å². The van der Waals surface area contributed by atoms with Crippen molar-refractivity contribution in [2.75, 3.05) is 0 Å². The molecule has 2 N–H and O–H groups in total. The van der Waals surface area contributed by atoms with E-state index in [2.05, 4.69) is 38.1 Å². The Kier molecular flexibility index (Phi) is 4.82. The Bertz CT molecular complexity index is 370. The van der Waals surface area contributed by atoms with Crippen LogP contribution < -0.4 is 5.73 Å². The fraction of sp³-hybridized carbons (Fsp3) is 0.647. The van der Waals surface area contributed by atoms with Gasteiger partial charge in [0.1, 0.15) is 0 Å². The summed E-state index contributed by atoms with van der Waals surface area (Å²) >= 11 is 0. The summed E-state index contributed by atoms with van der Waals surface area (Å²) in [5, 5.41) is 0. The Balaban J connectivity index is 1.84. The molecule has 1 aromatic rings. The number of hydrogen-bond acceptors (Lipinski definition) is 1. The van der Waals surface area contributed by atoms with Crippen molar-refractivity contribution in [2.24, 2.45) is 17.6 Å². The van der Waals surface area contributed by atoms with Crippen molar-refractivity contribution in [2.45, 2.75) is 58.4 Å². The van der Waals surface area contributed by atoms with E-state index in [4.69, 9.17) is 5.73 Å². The highest BCUT2D eigenvalue weighted by molar-refractivity contribution is 5.29. The average Bonchev–Trinajstić information content (AvgIpc) is 2.37. The highest BCUT2D eigenvalue weighted by atomic mass is 14.6. The van der Waals surface area contributed by atoms with E-state index in [1.54, 1.807) is 5.56 Å². The number of hydrogen-bond donors (Lipinski definition) is 1. The summed E-state index contributed by atoms with van der Waals surface area (Å²) in [5.41, 5.74) is 9.47. The normalized spacial score (nSPS) is 20.8. The molecule has 1 heteroatoms. The highest BCUT2D eigenvalue weighted by Crippen LogP contribution is 2.28. The van der Waals surface area contributed by atoms with E-state index in [1.165, 1.54) is 44.1 Å². The van der Waals surface area contributed by atoms with E-state index < -0.39 is 0 Å². The highest BCUT2D eigenvalue weighted by Gasteiger charge is 2.23. The maximum atomic E-state index is 6.39. The van der Waals surface area contributed by atoms with E-state index in [-0.39, 0.29) is 0 Å². The van der Waals surface area contributed by atoms with Crippen molar-refractivity contribution in [3.8, 4) is 0 Å². The maximum Gasteiger partial charge on any atom is 0.00704 e. The van der Waals surface area contributed by atoms with Crippen LogP contribution in [0.4, 0.5) is 0 Å². The van der Waals surface area contributed by atoms with E-state index in [0.717, 1.165) is 5.92 Å². The third kappa shape index (κ3) is 3.58. The molecule has 0 amide bonds. The van der Waals surface area contributed by atoms with Gasteiger partial charge in [-0.25, -0.2) is 0 Å². The van der Waals surface area contributed by atoms with E-state index in [9.17, 15) is 0 Å². The van der Waals surface area contributed by atoms with Crippen LogP contribution in [0.15, 0.2) is 24.3 Å². The predicted molar refractivity (Wildman–Crippen MR) is 78.6 cm³/mol. The summed E-state index contributed by atoms with van der Waals surface area (Å²) in [6.45, 7) is 4.59. The zero-order valence-electron chi connectivity index (χ0n) is 11.9. The van der Waals surface area contributed by atoms with Gasteiger partial charge < -0.3 is 5.73 Å². The molecule has 0 aromatic heterocycles. The minimum Gasteiger partial charge on any atom is -0.327 e. The minimum atomic E-state index is 0.400. The molecule has 0 radical (unpaired) electrons. The fourth-order valence-electron chi connectivity index (χ4n) is 3.09. The molecular formula is C17H27N. The molecule has 0 saturated carbocycles. The molecule has 0 bridgehead atoms. The largest absolute Gasteiger partial charge is 0.327 e. The Morgan fingerprint density at radius 2 is 1.89 bits per heavy atom. The zero-order chi connectivity index (χ0) is 13.0. The van der Waals surface area contributed by atoms with E-state index >= 15 is 0 Å². The molecule has 1 aliphatic carbocycles. The van der Waals surface area contributed by atoms with Crippen molar-refractivity contribution in [1.82, 2.24) is 0 Å². The Morgan fingerprint density at radius 1 is 1.17 bits per heavy atom. The van der Waals surface area contributed by atoms with E-state index in [0.29, 0.717) is 12.0 Å². The zero-order valence-corrected chi connectivity index (χ0v) is 11.9. The predicted octanol–water partition coefficient (Wildman–Crippen LogP) is 3.95. The van der Waals surface area contributed by atoms with Crippen LogP contribution in [0.25, 0.3) is 0 Å². The van der Waals surface area contributed by atoms with Gasteiger partial charge in [-0.15, -0.1) is 0 Å². The summed E-state index contributed by atoms with van der Waals surface area (Å²) in [6.07, 6.45) is 7.50. The van der Waals surface area contributed by atoms with Gasteiger partial charge in [-0.1, -0.05) is 51.0 Å². The second kappa shape index (κ2) is 6.38. The van der Waals surface area contributed by atoms with Crippen LogP contribution in [0, 0.1) is 11.8 Å². The molecule has 1 aliphatic rings. The first kappa shape index (κ1) is 13.6. The lowest BCUT2D eigenvalue weighted by molar-refractivity contribution is 0.345. The fourth-order valence-corrected chi connectivity index (χ4v) is 3.09. The first-order valence-corrected chi connectivity index (χ1v) is 7.49. The first-order valence-electron chi connectivity index (χ1n) is 7.49. The van der Waals surface area contributed by atoms with Crippen LogP contribution in [-0.2, 0) is 12.8 Å². The van der Waals surface area contributed by atoms with Gasteiger partial charge in [-0.2, -0.15) is 0 Å². The van der Waals surface area contributed by atoms with Crippen LogP contribution in [-0.4, -0.2) is 6.04 Å².